The molecule has 0 unspecified atom stereocenters. The number of fused-ring (bicyclic) bond motifs is 1. The van der Waals surface area contributed by atoms with Crippen LogP contribution in [0.2, 0.25) is 0 Å². The van der Waals surface area contributed by atoms with E-state index in [9.17, 15) is 0 Å². The summed E-state index contributed by atoms with van der Waals surface area (Å²) in [6, 6.07) is 6.72. The first-order chi connectivity index (χ1) is 8.66. The number of hydrogen-bond donors (Lipinski definition) is 1. The van der Waals surface area contributed by atoms with Gasteiger partial charge in [-0.2, -0.15) is 0 Å². The lowest BCUT2D eigenvalue weighted by Gasteiger charge is -2.41. The molecule has 1 N–H and O–H groups in total. The quantitative estimate of drug-likeness (QED) is 0.819. The molecule has 0 amide bonds. The minimum atomic E-state index is -0.0386. The van der Waals surface area contributed by atoms with Gasteiger partial charge in [0.15, 0.2) is 0 Å². The first kappa shape index (κ1) is 12.0. The van der Waals surface area contributed by atoms with Crippen molar-refractivity contribution in [3.63, 3.8) is 0 Å². The van der Waals surface area contributed by atoms with Crippen LogP contribution in [0.15, 0.2) is 18.2 Å². The van der Waals surface area contributed by atoms with Crippen molar-refractivity contribution in [3.8, 4) is 0 Å². The lowest BCUT2D eigenvalue weighted by molar-refractivity contribution is -0.0277. The third-order valence-corrected chi connectivity index (χ3v) is 3.89. The minimum absolute atomic E-state index is 0.0386. The summed E-state index contributed by atoms with van der Waals surface area (Å²) in [5.41, 5.74) is 4.36. The first-order valence-electron chi connectivity index (χ1n) is 6.86. The molecule has 1 saturated heterocycles. The molecule has 0 saturated carbocycles. The topological polar surface area (TPSA) is 24.5 Å². The fraction of sp³-hybridized carbons (Fsp3) is 0.600. The molecule has 0 atom stereocenters. The van der Waals surface area contributed by atoms with Crippen molar-refractivity contribution in [1.29, 1.82) is 0 Å². The highest BCUT2D eigenvalue weighted by Crippen LogP contribution is 2.29. The fourth-order valence-corrected chi connectivity index (χ4v) is 3.01. The van der Waals surface area contributed by atoms with Crippen molar-refractivity contribution >= 4 is 5.69 Å². The molecule has 98 valence electrons. The zero-order valence-electron chi connectivity index (χ0n) is 11.3. The highest BCUT2D eigenvalue weighted by Gasteiger charge is 2.28. The molecular formula is C15H22N2O. The molecule has 2 heterocycles. The number of benzene rings is 1. The highest BCUT2D eigenvalue weighted by atomic mass is 16.5. The van der Waals surface area contributed by atoms with Crippen LogP contribution in [0.25, 0.3) is 0 Å². The van der Waals surface area contributed by atoms with Crippen LogP contribution in [-0.4, -0.2) is 31.8 Å². The molecule has 3 heteroatoms. The summed E-state index contributed by atoms with van der Waals surface area (Å²) in [6.07, 6.45) is 1.15. The second kappa shape index (κ2) is 4.56. The van der Waals surface area contributed by atoms with Crippen LogP contribution in [0.1, 0.15) is 25.0 Å². The zero-order valence-corrected chi connectivity index (χ0v) is 11.3. The Hall–Kier alpha value is -1.06. The molecule has 3 rings (SSSR count). The molecule has 3 nitrogen and oxygen atoms in total. The number of ether oxygens (including phenoxy) is 1. The Morgan fingerprint density at radius 2 is 2.22 bits per heavy atom. The SMILES string of the molecule is CC1(C)CN(c2cccc3c2CNCC3)CCO1. The van der Waals surface area contributed by atoms with Crippen molar-refractivity contribution < 1.29 is 4.74 Å². The van der Waals surface area contributed by atoms with E-state index < -0.39 is 0 Å². The van der Waals surface area contributed by atoms with Crippen LogP contribution in [0.3, 0.4) is 0 Å². The molecule has 18 heavy (non-hydrogen) atoms. The maximum Gasteiger partial charge on any atom is 0.0801 e. The molecule has 0 aliphatic carbocycles. The van der Waals surface area contributed by atoms with E-state index in [2.05, 4.69) is 42.3 Å². The van der Waals surface area contributed by atoms with Gasteiger partial charge in [0, 0.05) is 25.3 Å². The fourth-order valence-electron chi connectivity index (χ4n) is 3.01. The van der Waals surface area contributed by atoms with E-state index in [1.807, 2.05) is 0 Å². The van der Waals surface area contributed by atoms with Gasteiger partial charge in [-0.3, -0.25) is 0 Å². The van der Waals surface area contributed by atoms with Gasteiger partial charge >= 0.3 is 0 Å². The molecule has 1 aromatic carbocycles. The number of rotatable bonds is 1. The molecule has 0 aromatic heterocycles. The van der Waals surface area contributed by atoms with E-state index in [4.69, 9.17) is 4.74 Å². The van der Waals surface area contributed by atoms with Gasteiger partial charge in [0.25, 0.3) is 0 Å². The average Bonchev–Trinajstić information content (AvgIpc) is 2.37. The maximum atomic E-state index is 5.80. The molecule has 0 bridgehead atoms. The number of morpholine rings is 1. The van der Waals surface area contributed by atoms with Gasteiger partial charge in [-0.25, -0.2) is 0 Å². The Labute approximate surface area is 109 Å². The van der Waals surface area contributed by atoms with Crippen LogP contribution in [0, 0.1) is 0 Å². The Bertz CT molecular complexity index is 442. The van der Waals surface area contributed by atoms with Gasteiger partial charge in [0.1, 0.15) is 0 Å². The largest absolute Gasteiger partial charge is 0.372 e. The summed E-state index contributed by atoms with van der Waals surface area (Å²) in [7, 11) is 0. The van der Waals surface area contributed by atoms with Crippen molar-refractivity contribution in [1.82, 2.24) is 5.32 Å². The van der Waals surface area contributed by atoms with Crippen LogP contribution >= 0.6 is 0 Å². The molecule has 0 spiro atoms. The Kier molecular flexibility index (Phi) is 3.04. The van der Waals surface area contributed by atoms with Crippen LogP contribution in [0.4, 0.5) is 5.69 Å². The molecular weight excluding hydrogens is 224 g/mol. The molecule has 1 aromatic rings. The summed E-state index contributed by atoms with van der Waals surface area (Å²) >= 11 is 0. The van der Waals surface area contributed by atoms with Crippen molar-refractivity contribution in [2.45, 2.75) is 32.4 Å². The normalized spacial score (nSPS) is 22.7. The molecule has 2 aliphatic rings. The number of hydrogen-bond acceptors (Lipinski definition) is 3. The van der Waals surface area contributed by atoms with Gasteiger partial charge in [-0.1, -0.05) is 12.1 Å². The Morgan fingerprint density at radius 3 is 3.06 bits per heavy atom. The summed E-state index contributed by atoms with van der Waals surface area (Å²) in [4.78, 5) is 2.48. The van der Waals surface area contributed by atoms with Crippen LogP contribution < -0.4 is 10.2 Å². The van der Waals surface area contributed by atoms with E-state index in [-0.39, 0.29) is 5.60 Å². The molecule has 2 aliphatic heterocycles. The highest BCUT2D eigenvalue weighted by molar-refractivity contribution is 5.58. The van der Waals surface area contributed by atoms with E-state index >= 15 is 0 Å². The second-order valence-corrected chi connectivity index (χ2v) is 5.87. The number of nitrogens with zero attached hydrogens (tertiary/aromatic N) is 1. The van der Waals surface area contributed by atoms with E-state index in [0.717, 1.165) is 39.2 Å². The first-order valence-corrected chi connectivity index (χ1v) is 6.86. The summed E-state index contributed by atoms with van der Waals surface area (Å²) in [6.45, 7) is 9.25. The summed E-state index contributed by atoms with van der Waals surface area (Å²) < 4.78 is 5.80. The molecule has 0 radical (unpaired) electrons. The average molecular weight is 246 g/mol. The monoisotopic (exact) mass is 246 g/mol. The number of nitrogens with one attached hydrogen (secondary N) is 1. The zero-order chi connectivity index (χ0) is 12.6. The van der Waals surface area contributed by atoms with Gasteiger partial charge in [0.05, 0.1) is 12.2 Å². The van der Waals surface area contributed by atoms with Crippen molar-refractivity contribution in [2.75, 3.05) is 31.1 Å². The lowest BCUT2D eigenvalue weighted by Crippen LogP contribution is -2.49. The van der Waals surface area contributed by atoms with E-state index in [1.165, 1.54) is 16.8 Å². The summed E-state index contributed by atoms with van der Waals surface area (Å²) in [5, 5.41) is 3.48. The number of anilines is 1. The minimum Gasteiger partial charge on any atom is -0.372 e. The van der Waals surface area contributed by atoms with Gasteiger partial charge < -0.3 is 15.0 Å². The van der Waals surface area contributed by atoms with E-state index in [1.54, 1.807) is 0 Å². The Morgan fingerprint density at radius 1 is 1.33 bits per heavy atom. The van der Waals surface area contributed by atoms with E-state index in [0.29, 0.717) is 0 Å². The van der Waals surface area contributed by atoms with Crippen molar-refractivity contribution in [2.24, 2.45) is 0 Å². The lowest BCUT2D eigenvalue weighted by atomic mass is 9.97. The Balaban J connectivity index is 1.92. The standard InChI is InChI=1S/C15H22N2O/c1-15(2)11-17(8-9-18-15)14-5-3-4-12-6-7-16-10-13(12)14/h3-5,16H,6-11H2,1-2H3. The third-order valence-electron chi connectivity index (χ3n) is 3.89. The predicted octanol–water partition coefficient (Wildman–Crippen LogP) is 1.95. The van der Waals surface area contributed by atoms with Gasteiger partial charge in [-0.05, 0) is 44.0 Å². The molecule has 1 fully saturated rings. The van der Waals surface area contributed by atoms with Crippen LogP contribution in [0.5, 0.6) is 0 Å². The van der Waals surface area contributed by atoms with Gasteiger partial charge in [0.2, 0.25) is 0 Å². The van der Waals surface area contributed by atoms with Crippen molar-refractivity contribution in [3.05, 3.63) is 29.3 Å². The third kappa shape index (κ3) is 2.25. The van der Waals surface area contributed by atoms with Crippen LogP contribution in [-0.2, 0) is 17.7 Å². The summed E-state index contributed by atoms with van der Waals surface area (Å²) in [5.74, 6) is 0. The second-order valence-electron chi connectivity index (χ2n) is 5.87. The maximum absolute atomic E-state index is 5.80. The van der Waals surface area contributed by atoms with Gasteiger partial charge in [-0.15, -0.1) is 0 Å². The smallest absolute Gasteiger partial charge is 0.0801 e. The predicted molar refractivity (Wildman–Crippen MR) is 74.1 cm³/mol.